The van der Waals surface area contributed by atoms with Crippen LogP contribution in [0.3, 0.4) is 0 Å². The molecule has 6 nitrogen and oxygen atoms in total. The number of carboxylic acid groups (broad SMARTS) is 1. The fraction of sp³-hybridized carbons (Fsp3) is 0.0556. The number of carbonyl (C=O) groups is 2. The maximum absolute atomic E-state index is 12.1. The zero-order chi connectivity index (χ0) is 17.8. The molecule has 0 atom stereocenters. The Bertz CT molecular complexity index is 904. The average Bonchev–Trinajstić information content (AvgIpc) is 2.95. The van der Waals surface area contributed by atoms with E-state index in [1.165, 1.54) is 6.08 Å². The molecule has 0 spiro atoms. The summed E-state index contributed by atoms with van der Waals surface area (Å²) in [7, 11) is 0. The molecule has 1 aliphatic rings. The summed E-state index contributed by atoms with van der Waals surface area (Å²) in [6.07, 6.45) is 1.48. The summed E-state index contributed by atoms with van der Waals surface area (Å²) in [5.74, 6) is -1.22. The van der Waals surface area contributed by atoms with E-state index in [1.54, 1.807) is 48.5 Å². The Labute approximate surface area is 148 Å². The lowest BCUT2D eigenvalue weighted by Gasteiger charge is -2.06. The van der Waals surface area contributed by atoms with Gasteiger partial charge in [-0.25, -0.2) is 14.6 Å². The molecule has 1 heterocycles. The number of hydrogen-bond acceptors (Lipinski definition) is 5. The smallest absolute Gasteiger partial charge is 0.363 e. The molecule has 0 fully saturated rings. The van der Waals surface area contributed by atoms with Gasteiger partial charge in [-0.1, -0.05) is 35.9 Å². The first-order valence-electron chi connectivity index (χ1n) is 7.25. The third kappa shape index (κ3) is 4.05. The highest BCUT2D eigenvalue weighted by molar-refractivity contribution is 6.31. The quantitative estimate of drug-likeness (QED) is 0.656. The second kappa shape index (κ2) is 7.19. The van der Waals surface area contributed by atoms with Crippen molar-refractivity contribution in [1.82, 2.24) is 0 Å². The standard InChI is InChI=1S/C18H12ClNO5/c19-13-6-3-5-12(8-13)17-20-14(18(23)25-17)9-11-4-1-2-7-15(11)24-10-16(21)22/h1-9H,10H2,(H,21,22)/b14-9-. The Morgan fingerprint density at radius 3 is 2.80 bits per heavy atom. The van der Waals surface area contributed by atoms with Gasteiger partial charge < -0.3 is 14.6 Å². The van der Waals surface area contributed by atoms with Gasteiger partial charge in [0.25, 0.3) is 0 Å². The number of para-hydroxylation sites is 1. The fourth-order valence-electron chi connectivity index (χ4n) is 2.17. The number of aliphatic imine (C=N–C) groups is 1. The molecule has 3 rings (SSSR count). The molecule has 1 N–H and O–H groups in total. The third-order valence-electron chi connectivity index (χ3n) is 3.25. The maximum Gasteiger partial charge on any atom is 0.363 e. The van der Waals surface area contributed by atoms with E-state index < -0.39 is 18.5 Å². The van der Waals surface area contributed by atoms with E-state index in [9.17, 15) is 9.59 Å². The summed E-state index contributed by atoms with van der Waals surface area (Å²) in [6, 6.07) is 13.5. The molecule has 0 radical (unpaired) electrons. The molecular weight excluding hydrogens is 346 g/mol. The van der Waals surface area contributed by atoms with Crippen molar-refractivity contribution >= 4 is 35.5 Å². The number of halogens is 1. The predicted molar refractivity (Wildman–Crippen MR) is 91.6 cm³/mol. The number of ether oxygens (including phenoxy) is 2. The first-order valence-corrected chi connectivity index (χ1v) is 7.63. The highest BCUT2D eigenvalue weighted by atomic mass is 35.5. The molecule has 2 aromatic rings. The molecule has 25 heavy (non-hydrogen) atoms. The van der Waals surface area contributed by atoms with Crippen LogP contribution in [-0.2, 0) is 14.3 Å². The monoisotopic (exact) mass is 357 g/mol. The van der Waals surface area contributed by atoms with Crippen molar-refractivity contribution in [3.63, 3.8) is 0 Å². The number of rotatable bonds is 5. The summed E-state index contributed by atoms with van der Waals surface area (Å²) in [6.45, 7) is -0.484. The van der Waals surface area contributed by atoms with Crippen LogP contribution in [0.5, 0.6) is 5.75 Å². The minimum atomic E-state index is -1.09. The van der Waals surface area contributed by atoms with Gasteiger partial charge in [-0.2, -0.15) is 0 Å². The van der Waals surface area contributed by atoms with E-state index in [0.29, 0.717) is 21.9 Å². The van der Waals surface area contributed by atoms with Crippen LogP contribution in [0.15, 0.2) is 59.2 Å². The minimum absolute atomic E-state index is 0.0846. The van der Waals surface area contributed by atoms with Crippen LogP contribution in [-0.4, -0.2) is 29.5 Å². The van der Waals surface area contributed by atoms with E-state index in [-0.39, 0.29) is 11.6 Å². The van der Waals surface area contributed by atoms with Gasteiger partial charge in [0.05, 0.1) is 0 Å². The van der Waals surface area contributed by atoms with Crippen molar-refractivity contribution in [2.45, 2.75) is 0 Å². The van der Waals surface area contributed by atoms with Crippen LogP contribution in [0.25, 0.3) is 6.08 Å². The van der Waals surface area contributed by atoms with Crippen molar-refractivity contribution in [2.75, 3.05) is 6.61 Å². The lowest BCUT2D eigenvalue weighted by molar-refractivity contribution is -0.139. The van der Waals surface area contributed by atoms with Gasteiger partial charge >= 0.3 is 11.9 Å². The van der Waals surface area contributed by atoms with Gasteiger partial charge in [-0.15, -0.1) is 0 Å². The Morgan fingerprint density at radius 1 is 1.24 bits per heavy atom. The lowest BCUT2D eigenvalue weighted by atomic mass is 10.1. The molecule has 0 saturated carbocycles. The Balaban J connectivity index is 1.91. The summed E-state index contributed by atoms with van der Waals surface area (Å²) in [5.41, 5.74) is 1.19. The first-order chi connectivity index (χ1) is 12.0. The molecule has 0 bridgehead atoms. The van der Waals surface area contributed by atoms with Gasteiger partial charge in [-0.3, -0.25) is 0 Å². The highest BCUT2D eigenvalue weighted by Gasteiger charge is 2.24. The lowest BCUT2D eigenvalue weighted by Crippen LogP contribution is -2.10. The second-order valence-corrected chi connectivity index (χ2v) is 5.50. The van der Waals surface area contributed by atoms with Crippen LogP contribution in [0.4, 0.5) is 0 Å². The van der Waals surface area contributed by atoms with Gasteiger partial charge in [0.15, 0.2) is 12.3 Å². The largest absolute Gasteiger partial charge is 0.481 e. The zero-order valence-electron chi connectivity index (χ0n) is 12.8. The number of carboxylic acids is 1. The number of hydrogen-bond donors (Lipinski definition) is 1. The number of esters is 1. The summed E-state index contributed by atoms with van der Waals surface area (Å²) < 4.78 is 10.4. The molecule has 126 valence electrons. The Morgan fingerprint density at radius 2 is 2.04 bits per heavy atom. The normalized spacial score (nSPS) is 15.0. The topological polar surface area (TPSA) is 85.2 Å². The molecule has 0 amide bonds. The van der Waals surface area contributed by atoms with E-state index in [0.717, 1.165) is 0 Å². The molecule has 0 aliphatic carbocycles. The summed E-state index contributed by atoms with van der Waals surface area (Å²) >= 11 is 5.93. The number of benzene rings is 2. The van der Waals surface area contributed by atoms with Crippen LogP contribution < -0.4 is 4.74 Å². The molecule has 0 saturated heterocycles. The average molecular weight is 358 g/mol. The van der Waals surface area contributed by atoms with Crippen molar-refractivity contribution in [3.05, 3.63) is 70.4 Å². The molecule has 7 heteroatoms. The van der Waals surface area contributed by atoms with E-state index >= 15 is 0 Å². The summed E-state index contributed by atoms with van der Waals surface area (Å²) in [4.78, 5) is 26.9. The number of aliphatic carboxylic acids is 1. The summed E-state index contributed by atoms with van der Waals surface area (Å²) in [5, 5.41) is 9.23. The van der Waals surface area contributed by atoms with Gasteiger partial charge in [0, 0.05) is 16.1 Å². The SMILES string of the molecule is O=C(O)COc1ccccc1/C=C1\N=C(c2cccc(Cl)c2)OC1=O. The number of nitrogens with zero attached hydrogens (tertiary/aromatic N) is 1. The van der Waals surface area contributed by atoms with Crippen LogP contribution in [0.1, 0.15) is 11.1 Å². The van der Waals surface area contributed by atoms with Crippen molar-refractivity contribution in [2.24, 2.45) is 4.99 Å². The minimum Gasteiger partial charge on any atom is -0.481 e. The molecular formula is C18H12ClNO5. The fourth-order valence-corrected chi connectivity index (χ4v) is 2.36. The van der Waals surface area contributed by atoms with E-state index in [4.69, 9.17) is 26.2 Å². The Kier molecular flexibility index (Phi) is 4.81. The third-order valence-corrected chi connectivity index (χ3v) is 3.49. The second-order valence-electron chi connectivity index (χ2n) is 5.07. The number of cyclic esters (lactones) is 1. The predicted octanol–water partition coefficient (Wildman–Crippen LogP) is 3.15. The van der Waals surface area contributed by atoms with Gasteiger partial charge in [0.2, 0.25) is 5.90 Å². The highest BCUT2D eigenvalue weighted by Crippen LogP contribution is 2.25. The van der Waals surface area contributed by atoms with Crippen molar-refractivity contribution in [3.8, 4) is 5.75 Å². The van der Waals surface area contributed by atoms with Gasteiger partial charge in [-0.05, 0) is 30.3 Å². The molecule has 0 unspecified atom stereocenters. The van der Waals surface area contributed by atoms with Crippen LogP contribution in [0, 0.1) is 0 Å². The van der Waals surface area contributed by atoms with E-state index in [2.05, 4.69) is 4.99 Å². The Hall–Kier alpha value is -3.12. The first kappa shape index (κ1) is 16.7. The zero-order valence-corrected chi connectivity index (χ0v) is 13.6. The van der Waals surface area contributed by atoms with E-state index in [1.807, 2.05) is 0 Å². The van der Waals surface area contributed by atoms with Crippen molar-refractivity contribution < 1.29 is 24.2 Å². The van der Waals surface area contributed by atoms with Gasteiger partial charge in [0.1, 0.15) is 5.75 Å². The van der Waals surface area contributed by atoms with Crippen LogP contribution in [0.2, 0.25) is 5.02 Å². The molecule has 2 aromatic carbocycles. The maximum atomic E-state index is 12.1. The van der Waals surface area contributed by atoms with Crippen molar-refractivity contribution in [1.29, 1.82) is 0 Å². The molecule has 1 aliphatic heterocycles. The molecule has 0 aromatic heterocycles. The van der Waals surface area contributed by atoms with Crippen LogP contribution >= 0.6 is 11.6 Å². The number of carbonyl (C=O) groups excluding carboxylic acids is 1.